The Hall–Kier alpha value is -3.49. The van der Waals surface area contributed by atoms with Crippen molar-refractivity contribution < 1.29 is 9.90 Å². The quantitative estimate of drug-likeness (QED) is 0.376. The minimum atomic E-state index is -0.942. The Morgan fingerprint density at radius 3 is 2.37 bits per heavy atom. The number of carboxylic acids is 1. The van der Waals surface area contributed by atoms with Crippen LogP contribution >= 0.6 is 0 Å². The van der Waals surface area contributed by atoms with Gasteiger partial charge in [0.2, 0.25) is 0 Å². The van der Waals surface area contributed by atoms with Gasteiger partial charge in [-0.25, -0.2) is 9.78 Å². The third-order valence-corrected chi connectivity index (χ3v) is 7.33. The number of aromatic carboxylic acids is 1. The van der Waals surface area contributed by atoms with E-state index in [0.29, 0.717) is 11.6 Å². The van der Waals surface area contributed by atoms with Crippen LogP contribution in [-0.4, -0.2) is 52.6 Å². The molecule has 5 N–H and O–H groups in total. The van der Waals surface area contributed by atoms with Crippen molar-refractivity contribution in [2.24, 2.45) is 4.99 Å². The second-order valence-electron chi connectivity index (χ2n) is 9.59. The number of aromatic amines is 1. The van der Waals surface area contributed by atoms with Crippen LogP contribution in [0.3, 0.4) is 0 Å². The van der Waals surface area contributed by atoms with Gasteiger partial charge in [-0.05, 0) is 61.5 Å². The Labute approximate surface area is 204 Å². The maximum atomic E-state index is 12.2. The molecule has 3 aliphatic heterocycles. The number of hydrogen-bond acceptors (Lipinski definition) is 6. The molecular weight excluding hydrogens is 440 g/mol. The molecule has 2 saturated heterocycles. The monoisotopic (exact) mass is 470 g/mol. The van der Waals surface area contributed by atoms with Crippen LogP contribution < -0.4 is 16.0 Å². The second kappa shape index (κ2) is 9.28. The number of hydrogen-bond donors (Lipinski definition) is 5. The number of aromatic nitrogens is 2. The van der Waals surface area contributed by atoms with E-state index < -0.39 is 5.97 Å². The molecule has 35 heavy (non-hydrogen) atoms. The highest BCUT2D eigenvalue weighted by Crippen LogP contribution is 2.31. The van der Waals surface area contributed by atoms with E-state index >= 15 is 0 Å². The summed E-state index contributed by atoms with van der Waals surface area (Å²) in [5.41, 5.74) is 4.68. The number of nitrogens with zero attached hydrogens (tertiary/aromatic N) is 2. The van der Waals surface area contributed by atoms with E-state index in [0.717, 1.165) is 72.9 Å². The zero-order valence-electron chi connectivity index (χ0n) is 19.6. The summed E-state index contributed by atoms with van der Waals surface area (Å²) in [6.07, 6.45) is 6.30. The lowest BCUT2D eigenvalue weighted by molar-refractivity contribution is 0.0697. The van der Waals surface area contributed by atoms with Gasteiger partial charge in [0.1, 0.15) is 11.7 Å². The van der Waals surface area contributed by atoms with Crippen molar-refractivity contribution in [2.75, 3.05) is 19.6 Å². The molecule has 0 bridgehead atoms. The molecule has 0 aliphatic carbocycles. The fraction of sp³-hybridized carbons (Fsp3) is 0.370. The van der Waals surface area contributed by atoms with Crippen LogP contribution in [0.4, 0.5) is 0 Å². The number of benzene rings is 2. The molecule has 0 radical (unpaired) electrons. The topological polar surface area (TPSA) is 114 Å². The van der Waals surface area contributed by atoms with E-state index in [1.807, 2.05) is 24.3 Å². The SMILES string of the molecule is O=C(O)c1cc(-c2cnc([C@@H]3CCCN3)[nH]2)ccc1-c1ccc(C2CN=C([C@@H]3CCCN3)N2)cc1. The summed E-state index contributed by atoms with van der Waals surface area (Å²) in [4.78, 5) is 24.8. The first-order chi connectivity index (χ1) is 17.2. The van der Waals surface area contributed by atoms with Gasteiger partial charge in [0.25, 0.3) is 0 Å². The Morgan fingerprint density at radius 2 is 1.66 bits per heavy atom. The molecule has 1 aromatic heterocycles. The van der Waals surface area contributed by atoms with Gasteiger partial charge < -0.3 is 26.0 Å². The maximum Gasteiger partial charge on any atom is 0.336 e. The fourth-order valence-electron chi connectivity index (χ4n) is 5.39. The van der Waals surface area contributed by atoms with Gasteiger partial charge >= 0.3 is 5.97 Å². The molecule has 3 aromatic rings. The standard InChI is InChI=1S/C27H30N6O2/c34-27(35)20-13-18(24-15-31-26(33-24)22-4-2-12-29-22)9-10-19(20)16-5-7-17(8-6-16)23-14-30-25(32-23)21-3-1-11-28-21/h5-10,13,15,21-23,28-29H,1-4,11-12,14H2,(H,30,32)(H,31,33)(H,34,35)/t21-,22-,23?/m0/s1. The van der Waals surface area contributed by atoms with Crippen molar-refractivity contribution in [1.82, 2.24) is 25.9 Å². The van der Waals surface area contributed by atoms with Crippen molar-refractivity contribution in [3.8, 4) is 22.4 Å². The molecule has 0 spiro atoms. The van der Waals surface area contributed by atoms with Crippen LogP contribution in [0.1, 0.15) is 59.5 Å². The van der Waals surface area contributed by atoms with Crippen molar-refractivity contribution in [2.45, 2.75) is 43.8 Å². The van der Waals surface area contributed by atoms with Crippen LogP contribution in [-0.2, 0) is 0 Å². The Balaban J connectivity index is 1.21. The fourth-order valence-corrected chi connectivity index (χ4v) is 5.39. The first-order valence-electron chi connectivity index (χ1n) is 12.5. The Morgan fingerprint density at radius 1 is 0.914 bits per heavy atom. The van der Waals surface area contributed by atoms with E-state index in [-0.39, 0.29) is 17.6 Å². The molecule has 6 rings (SSSR count). The van der Waals surface area contributed by atoms with Crippen LogP contribution in [0.5, 0.6) is 0 Å². The average molecular weight is 471 g/mol. The number of rotatable bonds is 6. The number of amidine groups is 1. The van der Waals surface area contributed by atoms with Crippen molar-refractivity contribution in [3.05, 3.63) is 65.6 Å². The lowest BCUT2D eigenvalue weighted by atomic mass is 9.95. The summed E-state index contributed by atoms with van der Waals surface area (Å²) in [5.74, 6) is 1.03. The normalized spacial score (nSPS) is 23.9. The molecule has 1 unspecified atom stereocenters. The smallest absolute Gasteiger partial charge is 0.336 e. The van der Waals surface area contributed by atoms with Crippen molar-refractivity contribution >= 4 is 11.8 Å². The summed E-state index contributed by atoms with van der Waals surface area (Å²) >= 11 is 0. The lowest BCUT2D eigenvalue weighted by Crippen LogP contribution is -2.38. The maximum absolute atomic E-state index is 12.2. The van der Waals surface area contributed by atoms with Crippen LogP contribution in [0.2, 0.25) is 0 Å². The van der Waals surface area contributed by atoms with E-state index in [1.54, 1.807) is 12.3 Å². The largest absolute Gasteiger partial charge is 0.478 e. The zero-order valence-corrected chi connectivity index (χ0v) is 19.6. The molecular formula is C27H30N6O2. The number of aliphatic imine (C=N–C) groups is 1. The van der Waals surface area contributed by atoms with E-state index in [9.17, 15) is 9.90 Å². The third-order valence-electron chi connectivity index (χ3n) is 7.33. The molecule has 180 valence electrons. The van der Waals surface area contributed by atoms with Gasteiger partial charge in [-0.15, -0.1) is 0 Å². The molecule has 4 heterocycles. The molecule has 3 aliphatic rings. The van der Waals surface area contributed by atoms with Gasteiger partial charge in [0.05, 0.1) is 42.1 Å². The zero-order chi connectivity index (χ0) is 23.8. The molecule has 8 nitrogen and oxygen atoms in total. The number of H-pyrrole nitrogens is 1. The number of imidazole rings is 1. The third kappa shape index (κ3) is 4.35. The molecule has 2 aromatic carbocycles. The Bertz CT molecular complexity index is 1250. The van der Waals surface area contributed by atoms with Gasteiger partial charge in [-0.1, -0.05) is 36.4 Å². The van der Waals surface area contributed by atoms with Gasteiger partial charge in [-0.2, -0.15) is 0 Å². The molecule has 3 atom stereocenters. The number of nitrogens with one attached hydrogen (secondary N) is 4. The van der Waals surface area contributed by atoms with Crippen LogP contribution in [0.25, 0.3) is 22.4 Å². The van der Waals surface area contributed by atoms with Gasteiger partial charge in [0.15, 0.2) is 0 Å². The minimum Gasteiger partial charge on any atom is -0.478 e. The number of carbonyl (C=O) groups is 1. The predicted molar refractivity (Wildman–Crippen MR) is 136 cm³/mol. The van der Waals surface area contributed by atoms with Gasteiger partial charge in [0, 0.05) is 5.56 Å². The van der Waals surface area contributed by atoms with Crippen LogP contribution in [0, 0.1) is 0 Å². The summed E-state index contributed by atoms with van der Waals surface area (Å²) in [6, 6.07) is 14.5. The Kier molecular flexibility index (Phi) is 5.83. The predicted octanol–water partition coefficient (Wildman–Crippen LogP) is 3.66. The van der Waals surface area contributed by atoms with E-state index in [1.165, 1.54) is 6.42 Å². The first kappa shape index (κ1) is 22.0. The summed E-state index contributed by atoms with van der Waals surface area (Å²) in [5, 5.41) is 20.5. The highest BCUT2D eigenvalue weighted by atomic mass is 16.4. The van der Waals surface area contributed by atoms with Crippen molar-refractivity contribution in [1.29, 1.82) is 0 Å². The highest BCUT2D eigenvalue weighted by molar-refractivity contribution is 5.97. The lowest BCUT2D eigenvalue weighted by Gasteiger charge is -2.16. The highest BCUT2D eigenvalue weighted by Gasteiger charge is 2.27. The van der Waals surface area contributed by atoms with E-state index in [2.05, 4.69) is 38.1 Å². The minimum absolute atomic E-state index is 0.159. The number of carboxylic acid groups (broad SMARTS) is 1. The molecule has 0 saturated carbocycles. The summed E-state index contributed by atoms with van der Waals surface area (Å²) < 4.78 is 0. The summed E-state index contributed by atoms with van der Waals surface area (Å²) in [6.45, 7) is 2.78. The van der Waals surface area contributed by atoms with Crippen LogP contribution in [0.15, 0.2) is 53.7 Å². The first-order valence-corrected chi connectivity index (χ1v) is 12.5. The second-order valence-corrected chi connectivity index (χ2v) is 9.59. The van der Waals surface area contributed by atoms with Crippen molar-refractivity contribution in [3.63, 3.8) is 0 Å². The average Bonchev–Trinajstić information content (AvgIpc) is 3.70. The molecule has 8 heteroatoms. The molecule has 2 fully saturated rings. The van der Waals surface area contributed by atoms with Gasteiger partial charge in [-0.3, -0.25) is 4.99 Å². The molecule has 0 amide bonds. The van der Waals surface area contributed by atoms with E-state index in [4.69, 9.17) is 4.99 Å². The summed E-state index contributed by atoms with van der Waals surface area (Å²) in [7, 11) is 0.